The lowest BCUT2D eigenvalue weighted by Gasteiger charge is -2.22. The van der Waals surface area contributed by atoms with Crippen LogP contribution in [0.1, 0.15) is 24.1 Å². The van der Waals surface area contributed by atoms with Gasteiger partial charge in [0.1, 0.15) is 11.6 Å². The van der Waals surface area contributed by atoms with Crippen molar-refractivity contribution in [2.75, 3.05) is 7.11 Å². The summed E-state index contributed by atoms with van der Waals surface area (Å²) in [4.78, 5) is 13.9. The second-order valence-corrected chi connectivity index (χ2v) is 7.75. The number of amides is 1. The van der Waals surface area contributed by atoms with E-state index < -0.39 is 0 Å². The highest BCUT2D eigenvalue weighted by atomic mass is 32.2. The van der Waals surface area contributed by atoms with Crippen LogP contribution < -0.4 is 10.1 Å². The van der Waals surface area contributed by atoms with Gasteiger partial charge < -0.3 is 10.1 Å². The molecule has 0 bridgehead atoms. The van der Waals surface area contributed by atoms with Crippen molar-refractivity contribution in [2.45, 2.75) is 23.1 Å². The van der Waals surface area contributed by atoms with Crippen molar-refractivity contribution >= 4 is 17.7 Å². The maximum absolute atomic E-state index is 13.3. The second kappa shape index (κ2) is 9.42. The lowest BCUT2D eigenvalue weighted by atomic mass is 9.98. The minimum Gasteiger partial charge on any atom is -0.497 e. The summed E-state index contributed by atoms with van der Waals surface area (Å²) >= 11 is 1.48. The van der Waals surface area contributed by atoms with Crippen LogP contribution in [0.5, 0.6) is 5.75 Å². The van der Waals surface area contributed by atoms with E-state index in [0.29, 0.717) is 0 Å². The molecule has 28 heavy (non-hydrogen) atoms. The molecule has 0 saturated carbocycles. The number of methoxy groups -OCH3 is 1. The molecule has 0 saturated heterocycles. The maximum atomic E-state index is 13.3. The number of thioether (sulfide) groups is 1. The fourth-order valence-electron chi connectivity index (χ4n) is 2.83. The monoisotopic (exact) mass is 395 g/mol. The third-order valence-corrected chi connectivity index (χ3v) is 5.48. The van der Waals surface area contributed by atoms with E-state index in [9.17, 15) is 9.18 Å². The molecule has 2 unspecified atom stereocenters. The molecule has 0 heterocycles. The van der Waals surface area contributed by atoms with E-state index in [-0.39, 0.29) is 23.0 Å². The van der Waals surface area contributed by atoms with Crippen molar-refractivity contribution in [3.63, 3.8) is 0 Å². The van der Waals surface area contributed by atoms with Crippen molar-refractivity contribution in [3.8, 4) is 5.75 Å². The lowest BCUT2D eigenvalue weighted by Crippen LogP contribution is -2.34. The molecular formula is C23H22FNO2S. The molecule has 3 nitrogen and oxygen atoms in total. The summed E-state index contributed by atoms with van der Waals surface area (Å²) in [5, 5.41) is 2.81. The molecule has 144 valence electrons. The van der Waals surface area contributed by atoms with Gasteiger partial charge in [-0.3, -0.25) is 4.79 Å². The summed E-state index contributed by atoms with van der Waals surface area (Å²) in [7, 11) is 1.62. The van der Waals surface area contributed by atoms with Gasteiger partial charge in [-0.15, -0.1) is 11.8 Å². The Labute approximate surface area is 168 Å². The predicted octanol–water partition coefficient (Wildman–Crippen LogP) is 5.22. The standard InChI is InChI=1S/C23H22FNO2S/c1-16(28-21-14-12-20(27-2)13-15-21)23(26)25-22(17-6-4-3-5-7-17)18-8-10-19(24)11-9-18/h3-16,22H,1-2H3,(H,25,26). The van der Waals surface area contributed by atoms with Crippen molar-refractivity contribution in [1.82, 2.24) is 5.32 Å². The molecule has 0 radical (unpaired) electrons. The summed E-state index contributed by atoms with van der Waals surface area (Å²) in [5.74, 6) is 0.395. The van der Waals surface area contributed by atoms with Gasteiger partial charge in [0.2, 0.25) is 5.91 Å². The zero-order valence-corrected chi connectivity index (χ0v) is 16.6. The fourth-order valence-corrected chi connectivity index (χ4v) is 3.71. The number of carbonyl (C=O) groups is 1. The molecule has 1 N–H and O–H groups in total. The third kappa shape index (κ3) is 5.14. The van der Waals surface area contributed by atoms with Crippen LogP contribution in [0.25, 0.3) is 0 Å². The highest BCUT2D eigenvalue weighted by Gasteiger charge is 2.21. The average Bonchev–Trinajstić information content (AvgIpc) is 2.73. The van der Waals surface area contributed by atoms with Crippen LogP contribution in [-0.2, 0) is 4.79 Å². The van der Waals surface area contributed by atoms with Crippen LogP contribution in [0, 0.1) is 5.82 Å². The highest BCUT2D eigenvalue weighted by Crippen LogP contribution is 2.27. The topological polar surface area (TPSA) is 38.3 Å². The summed E-state index contributed by atoms with van der Waals surface area (Å²) < 4.78 is 18.5. The van der Waals surface area contributed by atoms with Crippen LogP contribution in [0.15, 0.2) is 83.8 Å². The quantitative estimate of drug-likeness (QED) is 0.558. The summed E-state index contributed by atoms with van der Waals surface area (Å²) in [6, 6.07) is 23.2. The number of nitrogens with one attached hydrogen (secondary N) is 1. The molecule has 3 rings (SSSR count). The predicted molar refractivity (Wildman–Crippen MR) is 111 cm³/mol. The minimum atomic E-state index is -0.340. The first-order chi connectivity index (χ1) is 13.6. The molecule has 2 atom stereocenters. The van der Waals surface area contributed by atoms with Crippen molar-refractivity contribution < 1.29 is 13.9 Å². The van der Waals surface area contributed by atoms with E-state index in [4.69, 9.17) is 4.74 Å². The summed E-state index contributed by atoms with van der Waals surface area (Å²) in [5.41, 5.74) is 1.78. The number of hydrogen-bond acceptors (Lipinski definition) is 3. The molecule has 0 aliphatic heterocycles. The molecule has 0 aliphatic rings. The van der Waals surface area contributed by atoms with Crippen LogP contribution in [0.4, 0.5) is 4.39 Å². The van der Waals surface area contributed by atoms with Gasteiger partial charge >= 0.3 is 0 Å². The maximum Gasteiger partial charge on any atom is 0.233 e. The van der Waals surface area contributed by atoms with Gasteiger partial charge in [0.25, 0.3) is 0 Å². The minimum absolute atomic E-state index is 0.0843. The Balaban J connectivity index is 1.75. The molecule has 0 fully saturated rings. The Morgan fingerprint density at radius 1 is 0.929 bits per heavy atom. The highest BCUT2D eigenvalue weighted by molar-refractivity contribution is 8.00. The first-order valence-electron chi connectivity index (χ1n) is 8.98. The first-order valence-corrected chi connectivity index (χ1v) is 9.86. The van der Waals surface area contributed by atoms with Crippen LogP contribution in [0.2, 0.25) is 0 Å². The zero-order valence-electron chi connectivity index (χ0n) is 15.8. The van der Waals surface area contributed by atoms with E-state index in [0.717, 1.165) is 21.8 Å². The number of hydrogen-bond donors (Lipinski definition) is 1. The van der Waals surface area contributed by atoms with Crippen LogP contribution >= 0.6 is 11.8 Å². The number of carbonyl (C=O) groups excluding carboxylic acids is 1. The Morgan fingerprint density at radius 3 is 2.14 bits per heavy atom. The fraction of sp³-hybridized carbons (Fsp3) is 0.174. The van der Waals surface area contributed by atoms with Gasteiger partial charge in [-0.25, -0.2) is 4.39 Å². The normalized spacial score (nSPS) is 12.8. The molecule has 3 aromatic carbocycles. The van der Waals surface area contributed by atoms with E-state index >= 15 is 0 Å². The molecule has 0 aromatic heterocycles. The van der Waals surface area contributed by atoms with Gasteiger partial charge in [0, 0.05) is 4.90 Å². The Morgan fingerprint density at radius 2 is 1.54 bits per heavy atom. The molecule has 0 aliphatic carbocycles. The van der Waals surface area contributed by atoms with E-state index in [2.05, 4.69) is 5.32 Å². The molecular weight excluding hydrogens is 373 g/mol. The average molecular weight is 395 g/mol. The zero-order chi connectivity index (χ0) is 19.9. The van der Waals surface area contributed by atoms with Gasteiger partial charge in [-0.2, -0.15) is 0 Å². The number of ether oxygens (including phenoxy) is 1. The number of rotatable bonds is 7. The van der Waals surface area contributed by atoms with Crippen molar-refractivity contribution in [2.24, 2.45) is 0 Å². The van der Waals surface area contributed by atoms with Crippen LogP contribution in [-0.4, -0.2) is 18.3 Å². The van der Waals surface area contributed by atoms with E-state index in [1.54, 1.807) is 19.2 Å². The smallest absolute Gasteiger partial charge is 0.233 e. The van der Waals surface area contributed by atoms with Crippen molar-refractivity contribution in [3.05, 3.63) is 95.8 Å². The van der Waals surface area contributed by atoms with E-state index in [1.807, 2.05) is 61.5 Å². The van der Waals surface area contributed by atoms with Crippen molar-refractivity contribution in [1.29, 1.82) is 0 Å². The largest absolute Gasteiger partial charge is 0.497 e. The van der Waals surface area contributed by atoms with Gasteiger partial charge in [0.05, 0.1) is 18.4 Å². The molecule has 0 spiro atoms. The second-order valence-electron chi connectivity index (χ2n) is 6.34. The summed E-state index contributed by atoms with van der Waals surface area (Å²) in [6.45, 7) is 1.87. The molecule has 3 aromatic rings. The molecule has 5 heteroatoms. The lowest BCUT2D eigenvalue weighted by molar-refractivity contribution is -0.120. The summed E-state index contributed by atoms with van der Waals surface area (Å²) in [6.07, 6.45) is 0. The van der Waals surface area contributed by atoms with E-state index in [1.165, 1.54) is 23.9 Å². The number of halogens is 1. The van der Waals surface area contributed by atoms with Gasteiger partial charge in [0.15, 0.2) is 0 Å². The van der Waals surface area contributed by atoms with Crippen LogP contribution in [0.3, 0.4) is 0 Å². The Bertz CT molecular complexity index is 898. The third-order valence-electron chi connectivity index (χ3n) is 4.36. The molecule has 1 amide bonds. The van der Waals surface area contributed by atoms with Gasteiger partial charge in [-0.05, 0) is 54.4 Å². The number of benzene rings is 3. The Kier molecular flexibility index (Phi) is 6.71. The first kappa shape index (κ1) is 20.0. The van der Waals surface area contributed by atoms with Gasteiger partial charge in [-0.1, -0.05) is 42.5 Å². The Hall–Kier alpha value is -2.79. The SMILES string of the molecule is COc1ccc(SC(C)C(=O)NC(c2ccccc2)c2ccc(F)cc2)cc1.